The molecule has 1 aromatic carbocycles. The van der Waals surface area contributed by atoms with Crippen molar-refractivity contribution in [2.24, 2.45) is 5.73 Å². The van der Waals surface area contributed by atoms with Crippen molar-refractivity contribution in [3.8, 4) is 5.75 Å². The third-order valence-corrected chi connectivity index (χ3v) is 2.60. The van der Waals surface area contributed by atoms with Gasteiger partial charge in [0.25, 0.3) is 0 Å². The van der Waals surface area contributed by atoms with Crippen molar-refractivity contribution >= 4 is 0 Å². The largest absolute Gasteiger partial charge is 0.496 e. The molecule has 0 aromatic heterocycles. The fourth-order valence-corrected chi connectivity index (χ4v) is 1.64. The topological polar surface area (TPSA) is 53.7 Å². The van der Waals surface area contributed by atoms with Gasteiger partial charge in [-0.05, 0) is 32.4 Å². The molecule has 0 radical (unpaired) electrons. The number of hydrogen-bond donors (Lipinski definition) is 1. The van der Waals surface area contributed by atoms with Crippen LogP contribution >= 0.6 is 0 Å². The molecule has 2 N–H and O–H groups in total. The lowest BCUT2D eigenvalue weighted by atomic mass is 10.1. The van der Waals surface area contributed by atoms with Crippen LogP contribution in [0.2, 0.25) is 0 Å². The second-order valence-corrected chi connectivity index (χ2v) is 5.36. The summed E-state index contributed by atoms with van der Waals surface area (Å²) >= 11 is 0. The van der Waals surface area contributed by atoms with Gasteiger partial charge in [0, 0.05) is 12.1 Å². The van der Waals surface area contributed by atoms with Crippen molar-refractivity contribution in [3.05, 3.63) is 29.3 Å². The summed E-state index contributed by atoms with van der Waals surface area (Å²) in [5, 5.41) is 0. The van der Waals surface area contributed by atoms with E-state index < -0.39 is 0 Å². The van der Waals surface area contributed by atoms with Gasteiger partial charge in [0.05, 0.1) is 32.5 Å². The van der Waals surface area contributed by atoms with Crippen molar-refractivity contribution in [3.63, 3.8) is 0 Å². The Balaban J connectivity index is 2.37. The zero-order valence-corrected chi connectivity index (χ0v) is 12.4. The maximum absolute atomic E-state index is 5.63. The molecule has 0 heterocycles. The highest BCUT2D eigenvalue weighted by Crippen LogP contribution is 2.20. The molecule has 0 saturated carbocycles. The van der Waals surface area contributed by atoms with E-state index in [9.17, 15) is 0 Å². The minimum Gasteiger partial charge on any atom is -0.496 e. The van der Waals surface area contributed by atoms with E-state index in [-0.39, 0.29) is 5.60 Å². The number of nitrogens with two attached hydrogens (primary N) is 1. The molecule has 0 fully saturated rings. The maximum atomic E-state index is 5.63. The Bertz CT molecular complexity index is 385. The highest BCUT2D eigenvalue weighted by molar-refractivity contribution is 5.37. The van der Waals surface area contributed by atoms with E-state index >= 15 is 0 Å². The van der Waals surface area contributed by atoms with Gasteiger partial charge < -0.3 is 19.9 Å². The number of methoxy groups -OCH3 is 1. The molecule has 0 saturated heterocycles. The molecule has 19 heavy (non-hydrogen) atoms. The molecule has 0 unspecified atom stereocenters. The minimum atomic E-state index is -0.116. The van der Waals surface area contributed by atoms with E-state index in [1.807, 2.05) is 39.0 Å². The van der Waals surface area contributed by atoms with E-state index in [2.05, 4.69) is 0 Å². The summed E-state index contributed by atoms with van der Waals surface area (Å²) in [5.74, 6) is 0.814. The molecular weight excluding hydrogens is 242 g/mol. The lowest BCUT2D eigenvalue weighted by molar-refractivity contribution is -0.0376. The number of rotatable bonds is 7. The third kappa shape index (κ3) is 6.05. The van der Waals surface area contributed by atoms with Crippen LogP contribution in [0.1, 0.15) is 31.9 Å². The van der Waals surface area contributed by atoms with E-state index in [1.165, 1.54) is 0 Å². The van der Waals surface area contributed by atoms with Crippen molar-refractivity contribution in [2.75, 3.05) is 20.3 Å². The van der Waals surface area contributed by atoms with E-state index in [1.54, 1.807) is 7.11 Å². The van der Waals surface area contributed by atoms with E-state index in [0.717, 1.165) is 16.9 Å². The van der Waals surface area contributed by atoms with Gasteiger partial charge in [-0.1, -0.05) is 12.1 Å². The monoisotopic (exact) mass is 267 g/mol. The molecule has 0 atom stereocenters. The summed E-state index contributed by atoms with van der Waals surface area (Å²) in [5.41, 5.74) is 7.59. The Kier molecular flexibility index (Phi) is 6.28. The predicted molar refractivity (Wildman–Crippen MR) is 76.2 cm³/mol. The van der Waals surface area contributed by atoms with Crippen LogP contribution in [-0.2, 0) is 22.6 Å². The summed E-state index contributed by atoms with van der Waals surface area (Å²) in [7, 11) is 1.65. The number of benzene rings is 1. The first kappa shape index (κ1) is 16.0. The maximum Gasteiger partial charge on any atom is 0.123 e. The van der Waals surface area contributed by atoms with Crippen LogP contribution < -0.4 is 10.5 Å². The van der Waals surface area contributed by atoms with Crippen molar-refractivity contribution in [2.45, 2.75) is 39.5 Å². The molecule has 0 aliphatic carbocycles. The molecule has 0 aliphatic rings. The first-order chi connectivity index (χ1) is 8.96. The second kappa shape index (κ2) is 7.48. The number of ether oxygens (including phenoxy) is 3. The molecule has 4 nitrogen and oxygen atoms in total. The minimum absolute atomic E-state index is 0.116. The first-order valence-electron chi connectivity index (χ1n) is 6.54. The summed E-state index contributed by atoms with van der Waals surface area (Å²) < 4.78 is 16.4. The molecule has 0 amide bonds. The molecule has 1 aromatic rings. The van der Waals surface area contributed by atoms with Crippen LogP contribution in [-0.4, -0.2) is 25.9 Å². The zero-order chi connectivity index (χ0) is 14.3. The summed E-state index contributed by atoms with van der Waals surface area (Å²) in [6.07, 6.45) is 0. The molecule has 0 bridgehead atoms. The molecule has 108 valence electrons. The lowest BCUT2D eigenvalue weighted by Crippen LogP contribution is -2.21. The van der Waals surface area contributed by atoms with Gasteiger partial charge in [-0.3, -0.25) is 0 Å². The molecule has 4 heteroatoms. The van der Waals surface area contributed by atoms with E-state index in [0.29, 0.717) is 26.4 Å². The second-order valence-electron chi connectivity index (χ2n) is 5.36. The molecular formula is C15H25NO3. The Labute approximate surface area is 115 Å². The van der Waals surface area contributed by atoms with E-state index in [4.69, 9.17) is 19.9 Å². The lowest BCUT2D eigenvalue weighted by Gasteiger charge is -2.19. The van der Waals surface area contributed by atoms with Gasteiger partial charge in [0.2, 0.25) is 0 Å². The fourth-order valence-electron chi connectivity index (χ4n) is 1.64. The van der Waals surface area contributed by atoms with Crippen LogP contribution in [0.5, 0.6) is 5.75 Å². The standard InChI is InChI=1S/C15H25NO3/c1-15(2,3)19-8-7-18-11-12-5-6-13(10-16)14(9-12)17-4/h5-6,9H,7-8,10-11,16H2,1-4H3. The zero-order valence-electron chi connectivity index (χ0n) is 12.4. The van der Waals surface area contributed by atoms with Crippen LogP contribution in [0.25, 0.3) is 0 Å². The highest BCUT2D eigenvalue weighted by Gasteiger charge is 2.09. The average Bonchev–Trinajstić information content (AvgIpc) is 2.36. The van der Waals surface area contributed by atoms with Crippen molar-refractivity contribution in [1.82, 2.24) is 0 Å². The van der Waals surface area contributed by atoms with Crippen LogP contribution in [0.4, 0.5) is 0 Å². The quantitative estimate of drug-likeness (QED) is 0.771. The van der Waals surface area contributed by atoms with Crippen LogP contribution in [0.3, 0.4) is 0 Å². The van der Waals surface area contributed by atoms with Gasteiger partial charge in [0.1, 0.15) is 5.75 Å². The normalized spacial score (nSPS) is 11.6. The van der Waals surface area contributed by atoms with Crippen LogP contribution in [0, 0.1) is 0 Å². The molecule has 1 rings (SSSR count). The Hall–Kier alpha value is -1.10. The SMILES string of the molecule is COc1cc(COCCOC(C)(C)C)ccc1CN. The fraction of sp³-hybridized carbons (Fsp3) is 0.600. The Morgan fingerprint density at radius 3 is 2.47 bits per heavy atom. The molecule has 0 aliphatic heterocycles. The Morgan fingerprint density at radius 2 is 1.89 bits per heavy atom. The molecule has 0 spiro atoms. The summed E-state index contributed by atoms with van der Waals surface area (Å²) in [6, 6.07) is 5.95. The summed E-state index contributed by atoms with van der Waals surface area (Å²) in [4.78, 5) is 0. The smallest absolute Gasteiger partial charge is 0.123 e. The van der Waals surface area contributed by atoms with Gasteiger partial charge in [0.15, 0.2) is 0 Å². The van der Waals surface area contributed by atoms with Gasteiger partial charge in [-0.2, -0.15) is 0 Å². The van der Waals surface area contributed by atoms with Crippen molar-refractivity contribution < 1.29 is 14.2 Å². The van der Waals surface area contributed by atoms with Gasteiger partial charge in [-0.15, -0.1) is 0 Å². The predicted octanol–water partition coefficient (Wildman–Crippen LogP) is 2.49. The van der Waals surface area contributed by atoms with Crippen molar-refractivity contribution in [1.29, 1.82) is 0 Å². The third-order valence-electron chi connectivity index (χ3n) is 2.60. The summed E-state index contributed by atoms with van der Waals surface area (Å²) in [6.45, 7) is 8.30. The van der Waals surface area contributed by atoms with Gasteiger partial charge >= 0.3 is 0 Å². The average molecular weight is 267 g/mol. The van der Waals surface area contributed by atoms with Crippen LogP contribution in [0.15, 0.2) is 18.2 Å². The van der Waals surface area contributed by atoms with Gasteiger partial charge in [-0.25, -0.2) is 0 Å². The first-order valence-corrected chi connectivity index (χ1v) is 6.54. The number of hydrogen-bond acceptors (Lipinski definition) is 4. The Morgan fingerprint density at radius 1 is 1.16 bits per heavy atom. The highest BCUT2D eigenvalue weighted by atomic mass is 16.5.